The zero-order valence-corrected chi connectivity index (χ0v) is 33.2. The van der Waals surface area contributed by atoms with Crippen LogP contribution in [0.25, 0.3) is 0 Å². The zero-order valence-electron chi connectivity index (χ0n) is 30.0. The van der Waals surface area contributed by atoms with Gasteiger partial charge >= 0.3 is 17.3 Å². The summed E-state index contributed by atoms with van der Waals surface area (Å²) in [4.78, 5) is 64.4. The van der Waals surface area contributed by atoms with Gasteiger partial charge in [0.2, 0.25) is 11.5 Å². The number of pyridine rings is 2. The molecule has 4 heterocycles. The van der Waals surface area contributed by atoms with Crippen LogP contribution in [-0.2, 0) is 16.0 Å². The van der Waals surface area contributed by atoms with Crippen LogP contribution in [-0.4, -0.2) is 53.3 Å². The van der Waals surface area contributed by atoms with Gasteiger partial charge in [0.25, 0.3) is 11.1 Å². The van der Waals surface area contributed by atoms with Crippen molar-refractivity contribution in [1.82, 2.24) is 30.4 Å². The van der Waals surface area contributed by atoms with Crippen LogP contribution >= 0.6 is 31.9 Å². The van der Waals surface area contributed by atoms with Crippen molar-refractivity contribution in [3.63, 3.8) is 0 Å². The second-order valence-electron chi connectivity index (χ2n) is 11.9. The molecule has 0 aliphatic carbocycles. The van der Waals surface area contributed by atoms with E-state index in [-0.39, 0.29) is 45.9 Å². The van der Waals surface area contributed by atoms with Crippen molar-refractivity contribution < 1.29 is 37.6 Å². The van der Waals surface area contributed by atoms with Gasteiger partial charge in [0.15, 0.2) is 11.6 Å². The molecule has 6 rings (SSSR count). The van der Waals surface area contributed by atoms with E-state index in [0.29, 0.717) is 20.2 Å². The molecule has 0 spiro atoms. The second-order valence-corrected chi connectivity index (χ2v) is 13.7. The fourth-order valence-electron chi connectivity index (χ4n) is 5.16. The summed E-state index contributed by atoms with van der Waals surface area (Å²) in [6, 6.07) is 10.3. The molecule has 6 aromatic rings. The Hall–Kier alpha value is -6.81. The number of carbonyl (C=O) groups is 1. The smallest absolute Gasteiger partial charge is 0.319 e. The number of nitro benzene ring substituents is 2. The van der Waals surface area contributed by atoms with E-state index in [1.165, 1.54) is 62.0 Å². The Morgan fingerprint density at radius 1 is 0.776 bits per heavy atom. The second kappa shape index (κ2) is 18.4. The van der Waals surface area contributed by atoms with Crippen molar-refractivity contribution in [2.45, 2.75) is 26.2 Å². The van der Waals surface area contributed by atoms with Crippen LogP contribution in [0.5, 0.6) is 23.0 Å². The van der Waals surface area contributed by atoms with Gasteiger partial charge in [-0.05, 0) is 87.7 Å². The minimum Gasteiger partial charge on any atom is -0.468 e. The third-order valence-corrected chi connectivity index (χ3v) is 8.79. The Kier molecular flexibility index (Phi) is 13.4. The van der Waals surface area contributed by atoms with Gasteiger partial charge in [0.05, 0.1) is 40.7 Å². The third-order valence-electron chi connectivity index (χ3n) is 7.92. The number of esters is 1. The normalized spacial score (nSPS) is 11.2. The van der Waals surface area contributed by atoms with E-state index in [1.54, 1.807) is 6.92 Å². The number of carbonyl (C=O) groups excluding carboxylic acids is 1. The van der Waals surface area contributed by atoms with E-state index >= 15 is 4.39 Å². The van der Waals surface area contributed by atoms with Crippen LogP contribution in [0.15, 0.2) is 91.9 Å². The van der Waals surface area contributed by atoms with Gasteiger partial charge in [-0.2, -0.15) is 10.2 Å². The van der Waals surface area contributed by atoms with Crippen LogP contribution in [0, 0.1) is 45.7 Å². The van der Waals surface area contributed by atoms with Crippen LogP contribution in [0.4, 0.5) is 20.2 Å². The first-order chi connectivity index (χ1) is 27.6. The van der Waals surface area contributed by atoms with Crippen molar-refractivity contribution in [2.75, 3.05) is 7.11 Å². The summed E-state index contributed by atoms with van der Waals surface area (Å²) in [6.07, 6.45) is 5.52. The lowest BCUT2D eigenvalue weighted by Gasteiger charge is -2.17. The molecule has 18 nitrogen and oxygen atoms in total. The molecule has 2 aromatic carbocycles. The molecule has 22 heteroatoms. The molecule has 4 aromatic heterocycles. The molecule has 298 valence electrons. The van der Waals surface area contributed by atoms with Gasteiger partial charge in [0, 0.05) is 56.6 Å². The van der Waals surface area contributed by atoms with Crippen LogP contribution in [0.2, 0.25) is 0 Å². The number of aryl methyl sites for hydroxylation is 2. The number of hydrogen-bond donors (Lipinski definition) is 2. The lowest BCUT2D eigenvalue weighted by molar-refractivity contribution is -0.386. The number of nitrogens with one attached hydrogen (secondary N) is 2. The van der Waals surface area contributed by atoms with Gasteiger partial charge in [-0.1, -0.05) is 0 Å². The summed E-state index contributed by atoms with van der Waals surface area (Å²) in [6.45, 7) is 3.09. The summed E-state index contributed by atoms with van der Waals surface area (Å²) in [5.41, 5.74) is -1.07. The van der Waals surface area contributed by atoms with Gasteiger partial charge in [-0.25, -0.2) is 19.0 Å². The third kappa shape index (κ3) is 9.94. The number of nitrogens with zero attached hydrogens (tertiary/aromatic N) is 6. The summed E-state index contributed by atoms with van der Waals surface area (Å²) >= 11 is 6.39. The topological polar surface area (TPSA) is 248 Å². The fourth-order valence-corrected chi connectivity index (χ4v) is 5.85. The molecule has 0 aliphatic rings. The fraction of sp³-hybridized carbons (Fsp3) is 0.139. The zero-order chi connectivity index (χ0) is 42.3. The highest BCUT2D eigenvalue weighted by Gasteiger charge is 2.34. The maximum atomic E-state index is 15.5. The van der Waals surface area contributed by atoms with Crippen molar-refractivity contribution >= 4 is 49.2 Å². The average molecular weight is 928 g/mol. The van der Waals surface area contributed by atoms with Gasteiger partial charge < -0.3 is 14.2 Å². The molecule has 0 amide bonds. The molecular weight excluding hydrogens is 902 g/mol. The van der Waals surface area contributed by atoms with Crippen molar-refractivity contribution in [2.24, 2.45) is 0 Å². The Morgan fingerprint density at radius 2 is 1.29 bits per heavy atom. The number of halogens is 4. The highest BCUT2D eigenvalue weighted by molar-refractivity contribution is 9.10. The van der Waals surface area contributed by atoms with Gasteiger partial charge in [0.1, 0.15) is 17.4 Å². The molecule has 0 aliphatic heterocycles. The summed E-state index contributed by atoms with van der Waals surface area (Å²) in [5.74, 6) is -5.39. The Morgan fingerprint density at radius 3 is 1.79 bits per heavy atom. The number of benzene rings is 2. The number of H-pyrrole nitrogens is 2. The first-order valence-electron chi connectivity index (χ1n) is 16.3. The number of rotatable bonds is 11. The maximum absolute atomic E-state index is 15.5. The molecule has 0 bridgehead atoms. The van der Waals surface area contributed by atoms with Crippen LogP contribution in [0.1, 0.15) is 39.6 Å². The van der Waals surface area contributed by atoms with Crippen LogP contribution < -0.4 is 20.6 Å². The van der Waals surface area contributed by atoms with E-state index in [0.717, 1.165) is 25.3 Å². The van der Waals surface area contributed by atoms with Crippen LogP contribution in [0.3, 0.4) is 0 Å². The monoisotopic (exact) mass is 926 g/mol. The number of hydrogen-bond acceptors (Lipinski definition) is 14. The standard InChI is InChI=1S/C19H14BrFN4O6.C17H12BrFN4O4/c1-9-5-13(23-24-18(9)26)15(19(27)30-2)12-3-4-14(25(28)29)17(16(12)21)31-11-6-10(20)7-22-8-11;1-9-4-12(21-22-17(9)24)5-10-2-3-14(23(25)26)16(15(10)19)27-13-6-11(18)7-20-8-13/h3-8,15H,1-2H3,(H,24,26);2-4,6-8H,5H2,1H3,(H,22,24). The Balaban J connectivity index is 0.000000223. The molecule has 2 N–H and O–H groups in total. The minimum atomic E-state index is -1.41. The first kappa shape index (κ1) is 42.3. The molecule has 1 atom stereocenters. The quantitative estimate of drug-likeness (QED) is 0.0751. The lowest BCUT2D eigenvalue weighted by Crippen LogP contribution is -2.22. The minimum absolute atomic E-state index is 0.00762. The average Bonchev–Trinajstić information content (AvgIpc) is 3.17. The SMILES string of the molecule is COC(=O)C(c1cc(C)c(=O)[nH]n1)c1ccc([N+](=O)[O-])c(Oc2cncc(Br)c2)c1F.Cc1cc(Cc2ccc([N+](=O)[O-])c(Oc3cncc(Br)c3)c2F)n[nH]c1=O. The highest BCUT2D eigenvalue weighted by Crippen LogP contribution is 2.40. The predicted octanol–water partition coefficient (Wildman–Crippen LogP) is 7.05. The molecule has 0 saturated carbocycles. The van der Waals surface area contributed by atoms with E-state index in [9.17, 15) is 39.0 Å². The highest BCUT2D eigenvalue weighted by atomic mass is 79.9. The number of aromatic nitrogens is 6. The molecule has 0 saturated heterocycles. The number of nitro groups is 2. The van der Waals surface area contributed by atoms with Gasteiger partial charge in [-0.15, -0.1) is 0 Å². The Labute approximate surface area is 340 Å². The van der Waals surface area contributed by atoms with E-state index in [2.05, 4.69) is 62.2 Å². The first-order valence-corrected chi connectivity index (χ1v) is 17.8. The van der Waals surface area contributed by atoms with Crippen molar-refractivity contribution in [3.05, 3.63) is 168 Å². The number of ether oxygens (including phenoxy) is 3. The summed E-state index contributed by atoms with van der Waals surface area (Å²) < 4.78 is 47.2. The lowest BCUT2D eigenvalue weighted by atomic mass is 9.93. The largest absolute Gasteiger partial charge is 0.468 e. The Bertz CT molecular complexity index is 2680. The number of aromatic amines is 2. The molecule has 0 radical (unpaired) electrons. The van der Waals surface area contributed by atoms with Gasteiger partial charge in [-0.3, -0.25) is 44.6 Å². The summed E-state index contributed by atoms with van der Waals surface area (Å²) in [7, 11) is 1.10. The van der Waals surface area contributed by atoms with E-state index in [1.807, 2.05) is 0 Å². The van der Waals surface area contributed by atoms with Crippen molar-refractivity contribution in [1.29, 1.82) is 0 Å². The predicted molar refractivity (Wildman–Crippen MR) is 206 cm³/mol. The molecule has 0 fully saturated rings. The van der Waals surface area contributed by atoms with E-state index < -0.39 is 61.8 Å². The summed E-state index contributed by atoms with van der Waals surface area (Å²) in [5, 5.41) is 34.9. The molecular formula is C36H26Br2F2N8O10. The molecule has 1 unspecified atom stereocenters. The number of methoxy groups -OCH3 is 1. The van der Waals surface area contributed by atoms with E-state index in [4.69, 9.17) is 14.2 Å². The molecule has 58 heavy (non-hydrogen) atoms. The van der Waals surface area contributed by atoms with Crippen molar-refractivity contribution in [3.8, 4) is 23.0 Å². The maximum Gasteiger partial charge on any atom is 0.319 e.